The van der Waals surface area contributed by atoms with Crippen LogP contribution in [0, 0.1) is 11.6 Å². The molecule has 2 N–H and O–H groups in total. The van der Waals surface area contributed by atoms with Crippen LogP contribution < -0.4 is 5.73 Å². The van der Waals surface area contributed by atoms with Crippen molar-refractivity contribution in [3.05, 3.63) is 48.2 Å². The molecule has 1 unspecified atom stereocenters. The third-order valence-corrected chi connectivity index (χ3v) is 3.00. The van der Waals surface area contributed by atoms with Crippen molar-refractivity contribution in [1.82, 2.24) is 4.90 Å². The highest BCUT2D eigenvalue weighted by molar-refractivity contribution is 5.55. The van der Waals surface area contributed by atoms with Crippen LogP contribution in [0.4, 0.5) is 8.78 Å². The molecule has 0 aliphatic heterocycles. The molecule has 0 aliphatic carbocycles. The quantitative estimate of drug-likeness (QED) is 0.636. The number of hydrogen-bond acceptors (Lipinski definition) is 2. The molecule has 0 fully saturated rings. The Labute approximate surface area is 112 Å². The van der Waals surface area contributed by atoms with Crippen molar-refractivity contribution >= 4 is 6.34 Å². The van der Waals surface area contributed by atoms with Crippen LogP contribution in [0.2, 0.25) is 0 Å². The number of likely N-dealkylation sites (N-methyl/N-ethyl adjacent to an activating group) is 1. The van der Waals surface area contributed by atoms with E-state index in [9.17, 15) is 8.78 Å². The summed E-state index contributed by atoms with van der Waals surface area (Å²) in [6, 6.07) is 3.46. The Hall–Kier alpha value is -1.75. The van der Waals surface area contributed by atoms with E-state index in [1.165, 1.54) is 18.3 Å². The fourth-order valence-electron chi connectivity index (χ4n) is 1.93. The number of nitrogens with two attached hydrogens (primary N) is 1. The summed E-state index contributed by atoms with van der Waals surface area (Å²) in [5.41, 5.74) is 5.65. The molecular weight excluding hydrogens is 248 g/mol. The Balaban J connectivity index is 3.02. The molecule has 5 heteroatoms. The van der Waals surface area contributed by atoms with Crippen LogP contribution in [0.1, 0.15) is 18.9 Å². The van der Waals surface area contributed by atoms with Gasteiger partial charge in [-0.3, -0.25) is 0 Å². The van der Waals surface area contributed by atoms with Gasteiger partial charge in [-0.25, -0.2) is 13.8 Å². The van der Waals surface area contributed by atoms with Gasteiger partial charge in [0.05, 0.1) is 11.9 Å². The first-order valence-electron chi connectivity index (χ1n) is 6.02. The lowest BCUT2D eigenvalue weighted by Crippen LogP contribution is -2.46. The van der Waals surface area contributed by atoms with Crippen molar-refractivity contribution in [2.75, 3.05) is 13.6 Å². The molecule has 1 atom stereocenters. The molecule has 0 radical (unpaired) electrons. The standard InChI is InChI=1S/C14H19F2N3/c1-4-14(17,9-19(3)10-18-5-2)12-7-6-11(15)8-13(12)16/h5-8,10H,2,4,9,17H2,1,3H3/b18-10-. The molecule has 0 spiro atoms. The summed E-state index contributed by atoms with van der Waals surface area (Å²) in [5, 5.41) is 0. The van der Waals surface area contributed by atoms with E-state index in [-0.39, 0.29) is 0 Å². The van der Waals surface area contributed by atoms with Crippen LogP contribution in [0.25, 0.3) is 0 Å². The number of rotatable bonds is 6. The average Bonchev–Trinajstić information content (AvgIpc) is 2.36. The van der Waals surface area contributed by atoms with Gasteiger partial charge in [-0.2, -0.15) is 0 Å². The normalized spacial score (nSPS) is 14.4. The summed E-state index contributed by atoms with van der Waals surface area (Å²) in [5.74, 6) is -1.24. The molecule has 0 saturated carbocycles. The first-order chi connectivity index (χ1) is 8.92. The van der Waals surface area contributed by atoms with Gasteiger partial charge in [0, 0.05) is 31.4 Å². The van der Waals surface area contributed by atoms with Gasteiger partial charge in [-0.05, 0) is 12.5 Å². The van der Waals surface area contributed by atoms with Gasteiger partial charge >= 0.3 is 0 Å². The minimum atomic E-state index is -0.903. The van der Waals surface area contributed by atoms with Crippen molar-refractivity contribution in [2.45, 2.75) is 18.9 Å². The number of halogens is 2. The maximum absolute atomic E-state index is 13.8. The molecule has 0 aliphatic rings. The number of aliphatic imine (C=N–C) groups is 1. The molecule has 1 aromatic carbocycles. The SMILES string of the molecule is C=C/N=C\N(C)CC(N)(CC)c1ccc(F)cc1F. The Bertz CT molecular complexity index is 474. The molecular formula is C14H19F2N3. The van der Waals surface area contributed by atoms with Gasteiger partial charge in [0.15, 0.2) is 0 Å². The van der Waals surface area contributed by atoms with Crippen LogP contribution in [-0.2, 0) is 5.54 Å². The van der Waals surface area contributed by atoms with Gasteiger partial charge in [0.2, 0.25) is 0 Å². The van der Waals surface area contributed by atoms with Gasteiger partial charge in [-0.15, -0.1) is 0 Å². The zero-order valence-electron chi connectivity index (χ0n) is 11.2. The first-order valence-corrected chi connectivity index (χ1v) is 6.02. The van der Waals surface area contributed by atoms with E-state index in [2.05, 4.69) is 11.6 Å². The Morgan fingerprint density at radius 1 is 1.47 bits per heavy atom. The second kappa shape index (κ2) is 6.43. The van der Waals surface area contributed by atoms with Gasteiger partial charge in [0.1, 0.15) is 11.6 Å². The van der Waals surface area contributed by atoms with Crippen LogP contribution >= 0.6 is 0 Å². The highest BCUT2D eigenvalue weighted by atomic mass is 19.1. The van der Waals surface area contributed by atoms with Crippen molar-refractivity contribution in [3.63, 3.8) is 0 Å². The van der Waals surface area contributed by atoms with Crippen LogP contribution in [0.15, 0.2) is 36.0 Å². The molecule has 19 heavy (non-hydrogen) atoms. The van der Waals surface area contributed by atoms with Crippen molar-refractivity contribution in [2.24, 2.45) is 10.7 Å². The molecule has 0 heterocycles. The molecule has 0 aromatic heterocycles. The lowest BCUT2D eigenvalue weighted by atomic mass is 9.87. The smallest absolute Gasteiger partial charge is 0.131 e. The van der Waals surface area contributed by atoms with Crippen molar-refractivity contribution in [3.8, 4) is 0 Å². The molecule has 3 nitrogen and oxygen atoms in total. The average molecular weight is 267 g/mol. The second-order valence-electron chi connectivity index (χ2n) is 4.50. The van der Waals surface area contributed by atoms with Crippen molar-refractivity contribution < 1.29 is 8.78 Å². The fraction of sp³-hybridized carbons (Fsp3) is 0.357. The highest BCUT2D eigenvalue weighted by Gasteiger charge is 2.29. The van der Waals surface area contributed by atoms with E-state index >= 15 is 0 Å². The van der Waals surface area contributed by atoms with E-state index in [1.807, 2.05) is 6.92 Å². The lowest BCUT2D eigenvalue weighted by Gasteiger charge is -2.32. The number of hydrogen-bond donors (Lipinski definition) is 1. The number of benzene rings is 1. The topological polar surface area (TPSA) is 41.6 Å². The van der Waals surface area contributed by atoms with Crippen LogP contribution in [0.3, 0.4) is 0 Å². The highest BCUT2D eigenvalue weighted by Crippen LogP contribution is 2.26. The Morgan fingerprint density at radius 2 is 2.16 bits per heavy atom. The van der Waals surface area contributed by atoms with Gasteiger partial charge in [-0.1, -0.05) is 19.6 Å². The maximum Gasteiger partial charge on any atom is 0.131 e. The summed E-state index contributed by atoms with van der Waals surface area (Å²) >= 11 is 0. The van der Waals surface area contributed by atoms with Gasteiger partial charge < -0.3 is 10.6 Å². The Morgan fingerprint density at radius 3 is 2.68 bits per heavy atom. The summed E-state index contributed by atoms with van der Waals surface area (Å²) in [6.45, 7) is 5.70. The van der Waals surface area contributed by atoms with E-state index in [1.54, 1.807) is 18.3 Å². The van der Waals surface area contributed by atoms with E-state index < -0.39 is 17.2 Å². The fourth-order valence-corrected chi connectivity index (χ4v) is 1.93. The Kier molecular flexibility index (Phi) is 5.18. The molecule has 0 amide bonds. The zero-order valence-corrected chi connectivity index (χ0v) is 11.2. The predicted octanol–water partition coefficient (Wildman–Crippen LogP) is 2.63. The third kappa shape index (κ3) is 3.86. The molecule has 1 aromatic rings. The largest absolute Gasteiger partial charge is 0.363 e. The minimum absolute atomic E-state index is 0.301. The first kappa shape index (κ1) is 15.3. The predicted molar refractivity (Wildman–Crippen MR) is 73.8 cm³/mol. The summed E-state index contributed by atoms with van der Waals surface area (Å²) < 4.78 is 26.8. The van der Waals surface area contributed by atoms with Crippen molar-refractivity contribution in [1.29, 1.82) is 0 Å². The molecule has 0 bridgehead atoms. The molecule has 104 valence electrons. The summed E-state index contributed by atoms with van der Waals surface area (Å²) in [6.07, 6.45) is 3.48. The van der Waals surface area contributed by atoms with E-state index in [4.69, 9.17) is 5.73 Å². The monoisotopic (exact) mass is 267 g/mol. The lowest BCUT2D eigenvalue weighted by molar-refractivity contribution is 0.317. The second-order valence-corrected chi connectivity index (χ2v) is 4.50. The molecule has 1 rings (SSSR count). The van der Waals surface area contributed by atoms with Gasteiger partial charge in [0.25, 0.3) is 0 Å². The van der Waals surface area contributed by atoms with E-state index in [0.717, 1.165) is 6.07 Å². The third-order valence-electron chi connectivity index (χ3n) is 3.00. The summed E-state index contributed by atoms with van der Waals surface area (Å²) in [7, 11) is 1.78. The van der Waals surface area contributed by atoms with E-state index in [0.29, 0.717) is 18.5 Å². The molecule has 0 saturated heterocycles. The summed E-state index contributed by atoms with van der Waals surface area (Å²) in [4.78, 5) is 5.62. The van der Waals surface area contributed by atoms with Crippen LogP contribution in [-0.4, -0.2) is 24.8 Å². The maximum atomic E-state index is 13.8. The number of nitrogens with zero attached hydrogens (tertiary/aromatic N) is 2. The van der Waals surface area contributed by atoms with Crippen LogP contribution in [0.5, 0.6) is 0 Å². The zero-order chi connectivity index (χ0) is 14.5. The minimum Gasteiger partial charge on any atom is -0.363 e.